The van der Waals surface area contributed by atoms with Gasteiger partial charge in [0.2, 0.25) is 5.91 Å². The molecule has 3 N–H and O–H groups in total. The number of nitrogens with one attached hydrogen (secondary N) is 2. The van der Waals surface area contributed by atoms with Crippen LogP contribution in [0.15, 0.2) is 9.59 Å². The zero-order valence-corrected chi connectivity index (χ0v) is 10.6. The first-order valence-corrected chi connectivity index (χ1v) is 5.84. The Morgan fingerprint density at radius 3 is 2.75 bits per heavy atom. The highest BCUT2D eigenvalue weighted by atomic mass is 16.5. The number of H-pyrrole nitrogens is 1. The topological polar surface area (TPSA) is 130 Å². The Kier molecular flexibility index (Phi) is 3.70. The molecule has 0 saturated heterocycles. The molecule has 1 aromatic heterocycles. The summed E-state index contributed by atoms with van der Waals surface area (Å²) in [4.78, 5) is 48.4. The smallest absolute Gasteiger partial charge is 0.330 e. The molecule has 0 aromatic carbocycles. The van der Waals surface area contributed by atoms with E-state index in [2.05, 4.69) is 10.3 Å². The van der Waals surface area contributed by atoms with Crippen molar-refractivity contribution < 1.29 is 19.4 Å². The van der Waals surface area contributed by atoms with Gasteiger partial charge in [-0.3, -0.25) is 23.9 Å². The van der Waals surface area contributed by atoms with Crippen LogP contribution in [0.4, 0.5) is 5.82 Å². The molecule has 108 valence electrons. The zero-order valence-electron chi connectivity index (χ0n) is 10.6. The highest BCUT2D eigenvalue weighted by molar-refractivity contribution is 5.98. The summed E-state index contributed by atoms with van der Waals surface area (Å²) in [5.41, 5.74) is -1.64. The molecule has 0 unspecified atom stereocenters. The van der Waals surface area contributed by atoms with E-state index >= 15 is 0 Å². The fourth-order valence-corrected chi connectivity index (χ4v) is 2.12. The predicted molar refractivity (Wildman–Crippen MR) is 66.8 cm³/mol. The first kappa shape index (κ1) is 14.0. The van der Waals surface area contributed by atoms with Gasteiger partial charge in [0, 0.05) is 13.5 Å². The zero-order chi connectivity index (χ0) is 14.9. The van der Waals surface area contributed by atoms with Crippen LogP contribution in [0.3, 0.4) is 0 Å². The van der Waals surface area contributed by atoms with E-state index in [1.54, 1.807) is 0 Å². The summed E-state index contributed by atoms with van der Waals surface area (Å²) >= 11 is 0. The van der Waals surface area contributed by atoms with Gasteiger partial charge >= 0.3 is 11.7 Å². The van der Waals surface area contributed by atoms with Crippen molar-refractivity contribution in [3.8, 4) is 0 Å². The molecule has 2 rings (SSSR count). The Morgan fingerprint density at radius 1 is 1.45 bits per heavy atom. The third-order valence-electron chi connectivity index (χ3n) is 3.05. The maximum absolute atomic E-state index is 11.8. The van der Waals surface area contributed by atoms with E-state index in [4.69, 9.17) is 9.84 Å². The van der Waals surface area contributed by atoms with E-state index in [9.17, 15) is 19.2 Å². The fraction of sp³-hybridized carbons (Fsp3) is 0.455. The van der Waals surface area contributed by atoms with Gasteiger partial charge in [0.1, 0.15) is 5.82 Å². The largest absolute Gasteiger partial charge is 0.481 e. The molecular weight excluding hydrogens is 270 g/mol. The summed E-state index contributed by atoms with van der Waals surface area (Å²) < 4.78 is 5.93. The molecule has 0 fully saturated rings. The van der Waals surface area contributed by atoms with Crippen LogP contribution < -0.4 is 16.6 Å². The predicted octanol–water partition coefficient (Wildman–Crippen LogP) is -1.31. The number of aliphatic carboxylic acids is 1. The number of fused-ring (bicyclic) bond motifs is 1. The van der Waals surface area contributed by atoms with E-state index in [0.717, 1.165) is 4.57 Å². The van der Waals surface area contributed by atoms with Crippen molar-refractivity contribution in [1.29, 1.82) is 0 Å². The van der Waals surface area contributed by atoms with Gasteiger partial charge in [-0.05, 0) is 0 Å². The van der Waals surface area contributed by atoms with Crippen molar-refractivity contribution >= 4 is 17.7 Å². The standard InChI is InChI=1S/C11H13N3O6/c1-20-3-2-14-8-7(9(16)13-11(14)19)5(10(17)18)4-6(15)12-8/h5H,2-4H2,1H3,(H,12,15)(H,17,18)(H,13,16,19)/t5-/m0/s1. The van der Waals surface area contributed by atoms with Crippen molar-refractivity contribution in [2.24, 2.45) is 0 Å². The number of carbonyl (C=O) groups excluding carboxylic acids is 1. The third kappa shape index (κ3) is 2.35. The van der Waals surface area contributed by atoms with Gasteiger partial charge in [-0.1, -0.05) is 0 Å². The average molecular weight is 283 g/mol. The lowest BCUT2D eigenvalue weighted by Gasteiger charge is -2.24. The molecule has 1 aliphatic heterocycles. The normalized spacial score (nSPS) is 17.4. The summed E-state index contributed by atoms with van der Waals surface area (Å²) in [6, 6.07) is 0. The maximum Gasteiger partial charge on any atom is 0.330 e. The van der Waals surface area contributed by atoms with Gasteiger partial charge < -0.3 is 15.2 Å². The SMILES string of the molecule is COCCn1c2c(c(=O)[nH]c1=O)[C@@H](C(=O)O)CC(=O)N2. The highest BCUT2D eigenvalue weighted by Gasteiger charge is 2.35. The summed E-state index contributed by atoms with van der Waals surface area (Å²) in [7, 11) is 1.43. The number of rotatable bonds is 4. The average Bonchev–Trinajstić information content (AvgIpc) is 2.37. The minimum atomic E-state index is -1.29. The van der Waals surface area contributed by atoms with Gasteiger partial charge in [0.15, 0.2) is 0 Å². The Hall–Kier alpha value is -2.42. The number of ether oxygens (including phenoxy) is 1. The Labute approximate surface area is 112 Å². The molecule has 1 aliphatic rings. The van der Waals surface area contributed by atoms with Gasteiger partial charge in [-0.25, -0.2) is 4.79 Å². The molecule has 0 radical (unpaired) electrons. The van der Waals surface area contributed by atoms with E-state index in [1.807, 2.05) is 0 Å². The van der Waals surface area contributed by atoms with Crippen molar-refractivity contribution in [3.63, 3.8) is 0 Å². The lowest BCUT2D eigenvalue weighted by atomic mass is 9.93. The van der Waals surface area contributed by atoms with Crippen LogP contribution in [0.2, 0.25) is 0 Å². The van der Waals surface area contributed by atoms with Crippen LogP contribution in [-0.2, 0) is 20.9 Å². The molecule has 0 spiro atoms. The molecule has 0 bridgehead atoms. The quantitative estimate of drug-likeness (QED) is 0.629. The lowest BCUT2D eigenvalue weighted by molar-refractivity contribution is -0.140. The van der Waals surface area contributed by atoms with Crippen LogP contribution in [0.25, 0.3) is 0 Å². The van der Waals surface area contributed by atoms with Crippen molar-refractivity contribution in [2.45, 2.75) is 18.9 Å². The number of aromatic amines is 1. The molecule has 2 heterocycles. The monoisotopic (exact) mass is 283 g/mol. The number of carbonyl (C=O) groups is 2. The van der Waals surface area contributed by atoms with Crippen molar-refractivity contribution in [1.82, 2.24) is 9.55 Å². The molecule has 1 atom stereocenters. The molecule has 20 heavy (non-hydrogen) atoms. The Bertz CT molecular complexity index is 674. The lowest BCUT2D eigenvalue weighted by Crippen LogP contribution is -2.42. The van der Waals surface area contributed by atoms with E-state index < -0.39 is 29.0 Å². The number of anilines is 1. The molecular formula is C11H13N3O6. The number of methoxy groups -OCH3 is 1. The minimum Gasteiger partial charge on any atom is -0.481 e. The Morgan fingerprint density at radius 2 is 2.15 bits per heavy atom. The van der Waals surface area contributed by atoms with Gasteiger partial charge in [0.25, 0.3) is 5.56 Å². The molecule has 1 aromatic rings. The van der Waals surface area contributed by atoms with Gasteiger partial charge in [0.05, 0.1) is 24.6 Å². The second-order valence-electron chi connectivity index (χ2n) is 4.31. The first-order valence-electron chi connectivity index (χ1n) is 5.84. The van der Waals surface area contributed by atoms with Crippen LogP contribution in [0, 0.1) is 0 Å². The van der Waals surface area contributed by atoms with Crippen LogP contribution in [-0.4, -0.2) is 40.3 Å². The second kappa shape index (κ2) is 5.29. The minimum absolute atomic E-state index is 0.0700. The van der Waals surface area contributed by atoms with E-state index in [0.29, 0.717) is 0 Å². The number of amides is 1. The van der Waals surface area contributed by atoms with Crippen molar-refractivity contribution in [2.75, 3.05) is 19.0 Å². The summed E-state index contributed by atoms with van der Waals surface area (Å²) in [6.07, 6.45) is -0.339. The fourth-order valence-electron chi connectivity index (χ4n) is 2.12. The number of carboxylic acids is 1. The molecule has 1 amide bonds. The van der Waals surface area contributed by atoms with Gasteiger partial charge in [-0.2, -0.15) is 0 Å². The van der Waals surface area contributed by atoms with Crippen LogP contribution >= 0.6 is 0 Å². The van der Waals surface area contributed by atoms with Crippen LogP contribution in [0.1, 0.15) is 17.9 Å². The first-order chi connectivity index (χ1) is 9.45. The van der Waals surface area contributed by atoms with Crippen molar-refractivity contribution in [3.05, 3.63) is 26.4 Å². The van der Waals surface area contributed by atoms with E-state index in [-0.39, 0.29) is 31.0 Å². The number of hydrogen-bond acceptors (Lipinski definition) is 5. The third-order valence-corrected chi connectivity index (χ3v) is 3.05. The van der Waals surface area contributed by atoms with E-state index in [1.165, 1.54) is 7.11 Å². The van der Waals surface area contributed by atoms with Crippen LogP contribution in [0.5, 0.6) is 0 Å². The summed E-state index contributed by atoms with van der Waals surface area (Å²) in [5, 5.41) is 11.5. The maximum atomic E-state index is 11.8. The molecule has 9 heteroatoms. The number of aromatic nitrogens is 2. The highest BCUT2D eigenvalue weighted by Crippen LogP contribution is 2.28. The van der Waals surface area contributed by atoms with Gasteiger partial charge in [-0.15, -0.1) is 0 Å². The molecule has 9 nitrogen and oxygen atoms in total. The molecule has 0 saturated carbocycles. The number of nitrogens with zero attached hydrogens (tertiary/aromatic N) is 1. The summed E-state index contributed by atoms with van der Waals surface area (Å²) in [5.74, 6) is -3.18. The number of hydrogen-bond donors (Lipinski definition) is 3. The Balaban J connectivity index is 2.66. The molecule has 0 aliphatic carbocycles. The second-order valence-corrected chi connectivity index (χ2v) is 4.31. The number of carboxylic acid groups (broad SMARTS) is 1. The summed E-state index contributed by atoms with van der Waals surface area (Å²) in [6.45, 7) is 0.257.